The molecule has 4 rings (SSSR count). The fourth-order valence-corrected chi connectivity index (χ4v) is 3.98. The Labute approximate surface area is 181 Å². The van der Waals surface area contributed by atoms with E-state index < -0.39 is 17.7 Å². The van der Waals surface area contributed by atoms with Crippen molar-refractivity contribution < 1.29 is 19.4 Å². The van der Waals surface area contributed by atoms with Crippen LogP contribution >= 0.6 is 0 Å². The van der Waals surface area contributed by atoms with Gasteiger partial charge in [0.25, 0.3) is 11.7 Å². The second-order valence-corrected chi connectivity index (χ2v) is 7.56. The summed E-state index contributed by atoms with van der Waals surface area (Å²) in [5.41, 5.74) is 3.74. The second kappa shape index (κ2) is 8.11. The molecule has 0 radical (unpaired) electrons. The Morgan fingerprint density at radius 3 is 2.23 bits per heavy atom. The molecule has 0 aliphatic carbocycles. The normalized spacial score (nSPS) is 17.8. The summed E-state index contributed by atoms with van der Waals surface area (Å²) < 4.78 is 5.37. The Morgan fingerprint density at radius 2 is 1.55 bits per heavy atom. The van der Waals surface area contributed by atoms with Crippen molar-refractivity contribution in [1.29, 1.82) is 0 Å². The number of nitrogens with zero attached hydrogens (tertiary/aromatic N) is 1. The number of hydrogen-bond donors (Lipinski definition) is 1. The van der Waals surface area contributed by atoms with Crippen LogP contribution in [0.25, 0.3) is 5.76 Å². The Balaban J connectivity index is 1.99. The van der Waals surface area contributed by atoms with E-state index in [9.17, 15) is 14.7 Å². The molecule has 1 N–H and O–H groups in total. The van der Waals surface area contributed by atoms with E-state index in [4.69, 9.17) is 4.74 Å². The molecular formula is C26H23NO4. The zero-order valence-corrected chi connectivity index (χ0v) is 17.6. The van der Waals surface area contributed by atoms with Gasteiger partial charge in [-0.05, 0) is 49.2 Å². The molecule has 0 saturated carbocycles. The minimum absolute atomic E-state index is 0.0457. The van der Waals surface area contributed by atoms with Crippen molar-refractivity contribution in [3.8, 4) is 5.75 Å². The van der Waals surface area contributed by atoms with Crippen LogP contribution < -0.4 is 9.64 Å². The van der Waals surface area contributed by atoms with Gasteiger partial charge in [-0.2, -0.15) is 0 Å². The summed E-state index contributed by atoms with van der Waals surface area (Å²) in [4.78, 5) is 27.9. The summed E-state index contributed by atoms with van der Waals surface area (Å²) in [5, 5.41) is 11.3. The molecule has 0 bridgehead atoms. The number of amides is 1. The monoisotopic (exact) mass is 413 g/mol. The lowest BCUT2D eigenvalue weighted by atomic mass is 9.92. The second-order valence-electron chi connectivity index (χ2n) is 7.56. The summed E-state index contributed by atoms with van der Waals surface area (Å²) in [6.45, 7) is 3.88. The number of methoxy groups -OCH3 is 1. The highest BCUT2D eigenvalue weighted by Crippen LogP contribution is 2.44. The fourth-order valence-electron chi connectivity index (χ4n) is 3.98. The number of aliphatic hydroxyl groups excluding tert-OH is 1. The van der Waals surface area contributed by atoms with Gasteiger partial charge >= 0.3 is 0 Å². The lowest BCUT2D eigenvalue weighted by Gasteiger charge is -2.26. The topological polar surface area (TPSA) is 66.8 Å². The molecule has 1 fully saturated rings. The SMILES string of the molecule is COc1ccccc1/C(O)=C1\C(=O)C(=O)N(c2ccc(C)cc2)C1c1ccccc1C. The number of Topliss-reactive ketones (excluding diaryl/α,β-unsaturated/α-hetero) is 1. The smallest absolute Gasteiger partial charge is 0.300 e. The maximum atomic E-state index is 13.2. The van der Waals surface area contributed by atoms with Gasteiger partial charge in [0, 0.05) is 5.69 Å². The van der Waals surface area contributed by atoms with E-state index in [0.717, 1.165) is 16.7 Å². The number of rotatable bonds is 4. The van der Waals surface area contributed by atoms with E-state index in [0.29, 0.717) is 17.0 Å². The van der Waals surface area contributed by atoms with Gasteiger partial charge in [0.15, 0.2) is 0 Å². The molecular weight excluding hydrogens is 390 g/mol. The third-order valence-corrected chi connectivity index (χ3v) is 5.60. The van der Waals surface area contributed by atoms with Gasteiger partial charge in [0.05, 0.1) is 24.3 Å². The molecule has 31 heavy (non-hydrogen) atoms. The maximum absolute atomic E-state index is 13.2. The zero-order chi connectivity index (χ0) is 22.1. The number of hydrogen-bond acceptors (Lipinski definition) is 4. The van der Waals surface area contributed by atoms with E-state index in [1.165, 1.54) is 12.0 Å². The Bertz CT molecular complexity index is 1190. The number of ketones is 1. The molecule has 1 atom stereocenters. The van der Waals surface area contributed by atoms with Crippen LogP contribution in [0.3, 0.4) is 0 Å². The van der Waals surface area contributed by atoms with Crippen LogP contribution in [-0.2, 0) is 9.59 Å². The highest BCUT2D eigenvalue weighted by atomic mass is 16.5. The number of para-hydroxylation sites is 1. The molecule has 5 nitrogen and oxygen atoms in total. The predicted molar refractivity (Wildman–Crippen MR) is 120 cm³/mol. The van der Waals surface area contributed by atoms with Gasteiger partial charge in [0.2, 0.25) is 0 Å². The molecule has 1 amide bonds. The lowest BCUT2D eigenvalue weighted by Crippen LogP contribution is -2.29. The Morgan fingerprint density at radius 1 is 0.903 bits per heavy atom. The van der Waals surface area contributed by atoms with Crippen molar-refractivity contribution in [2.75, 3.05) is 12.0 Å². The van der Waals surface area contributed by atoms with Gasteiger partial charge < -0.3 is 9.84 Å². The predicted octanol–water partition coefficient (Wildman–Crippen LogP) is 4.94. The minimum atomic E-state index is -0.756. The summed E-state index contributed by atoms with van der Waals surface area (Å²) in [5.74, 6) is -1.23. The Kier molecular flexibility index (Phi) is 5.34. The molecule has 1 unspecified atom stereocenters. The zero-order valence-electron chi connectivity index (χ0n) is 17.6. The number of aliphatic hydroxyl groups is 1. The van der Waals surface area contributed by atoms with Crippen LogP contribution in [0.5, 0.6) is 5.75 Å². The molecule has 1 saturated heterocycles. The van der Waals surface area contributed by atoms with Crippen molar-refractivity contribution in [3.05, 3.63) is 101 Å². The van der Waals surface area contributed by atoms with E-state index in [-0.39, 0.29) is 11.3 Å². The number of ether oxygens (including phenoxy) is 1. The van der Waals surface area contributed by atoms with E-state index in [1.807, 2.05) is 62.4 Å². The number of aryl methyl sites for hydroxylation is 2. The van der Waals surface area contributed by atoms with Crippen LogP contribution in [0.15, 0.2) is 78.4 Å². The number of carbonyl (C=O) groups is 2. The highest BCUT2D eigenvalue weighted by molar-refractivity contribution is 6.51. The molecule has 5 heteroatoms. The first kappa shape index (κ1) is 20.4. The van der Waals surface area contributed by atoms with Crippen molar-refractivity contribution >= 4 is 23.1 Å². The van der Waals surface area contributed by atoms with E-state index >= 15 is 0 Å². The summed E-state index contributed by atoms with van der Waals surface area (Å²) in [7, 11) is 1.50. The van der Waals surface area contributed by atoms with Gasteiger partial charge in [-0.3, -0.25) is 14.5 Å². The first-order chi connectivity index (χ1) is 14.9. The lowest BCUT2D eigenvalue weighted by molar-refractivity contribution is -0.132. The first-order valence-electron chi connectivity index (χ1n) is 10.0. The average Bonchev–Trinajstić information content (AvgIpc) is 3.04. The number of carbonyl (C=O) groups excluding carboxylic acids is 2. The van der Waals surface area contributed by atoms with Gasteiger partial charge in [-0.15, -0.1) is 0 Å². The third-order valence-electron chi connectivity index (χ3n) is 5.60. The van der Waals surface area contributed by atoms with Crippen LogP contribution in [0.1, 0.15) is 28.3 Å². The van der Waals surface area contributed by atoms with Crippen LogP contribution in [-0.4, -0.2) is 23.9 Å². The molecule has 0 aromatic heterocycles. The fraction of sp³-hybridized carbons (Fsp3) is 0.154. The molecule has 0 spiro atoms. The highest BCUT2D eigenvalue weighted by Gasteiger charge is 2.47. The minimum Gasteiger partial charge on any atom is -0.507 e. The first-order valence-corrected chi connectivity index (χ1v) is 10.0. The largest absolute Gasteiger partial charge is 0.507 e. The van der Waals surface area contributed by atoms with Crippen LogP contribution in [0.2, 0.25) is 0 Å². The summed E-state index contributed by atoms with van der Waals surface area (Å²) in [6.07, 6.45) is 0. The van der Waals surface area contributed by atoms with Gasteiger partial charge in [-0.25, -0.2) is 0 Å². The maximum Gasteiger partial charge on any atom is 0.300 e. The van der Waals surface area contributed by atoms with E-state index in [1.54, 1.807) is 24.3 Å². The third kappa shape index (κ3) is 3.48. The number of benzene rings is 3. The average molecular weight is 413 g/mol. The standard InChI is InChI=1S/C26H23NO4/c1-16-12-14-18(15-13-16)27-23(19-9-5-4-8-17(19)2)22(25(29)26(27)30)24(28)20-10-6-7-11-21(20)31-3/h4-15,23,28H,1-3H3/b24-22+. The van der Waals surface area contributed by atoms with Gasteiger partial charge in [-0.1, -0.05) is 54.1 Å². The molecule has 1 aliphatic heterocycles. The van der Waals surface area contributed by atoms with Gasteiger partial charge in [0.1, 0.15) is 11.5 Å². The van der Waals surface area contributed by atoms with Crippen molar-refractivity contribution in [1.82, 2.24) is 0 Å². The van der Waals surface area contributed by atoms with Crippen LogP contribution in [0, 0.1) is 13.8 Å². The van der Waals surface area contributed by atoms with Crippen LogP contribution in [0.4, 0.5) is 5.69 Å². The summed E-state index contributed by atoms with van der Waals surface area (Å²) >= 11 is 0. The molecule has 1 aliphatic rings. The van der Waals surface area contributed by atoms with Crippen molar-refractivity contribution in [2.45, 2.75) is 19.9 Å². The van der Waals surface area contributed by atoms with Crippen molar-refractivity contribution in [3.63, 3.8) is 0 Å². The molecule has 3 aromatic rings. The summed E-state index contributed by atoms with van der Waals surface area (Å²) in [6, 6.07) is 21.1. The van der Waals surface area contributed by atoms with E-state index in [2.05, 4.69) is 0 Å². The molecule has 156 valence electrons. The van der Waals surface area contributed by atoms with Crippen molar-refractivity contribution in [2.24, 2.45) is 0 Å². The quantitative estimate of drug-likeness (QED) is 0.374. The number of anilines is 1. The molecule has 3 aromatic carbocycles. The Hall–Kier alpha value is -3.86. The molecule has 1 heterocycles.